The van der Waals surface area contributed by atoms with Crippen LogP contribution in [0.3, 0.4) is 0 Å². The smallest absolute Gasteiger partial charge is 0.340 e. The Balaban J connectivity index is 0.00000137. The molecule has 2 aliphatic heterocycles. The van der Waals surface area contributed by atoms with E-state index in [0.717, 1.165) is 22.1 Å². The van der Waals surface area contributed by atoms with Crippen molar-refractivity contribution < 1.29 is 19.0 Å². The number of aliphatic hydroxyl groups is 1. The molecule has 2 aliphatic rings. The number of rotatable bonds is 4. The Kier molecular flexibility index (Phi) is 6.62. The zero-order chi connectivity index (χ0) is 26.3. The number of cyclic esters (lactones) is 1. The number of hydrogen-bond donors (Lipinski definition) is 2. The third-order valence-electron chi connectivity index (χ3n) is 6.83. The van der Waals surface area contributed by atoms with Crippen molar-refractivity contribution in [1.29, 1.82) is 0 Å². The van der Waals surface area contributed by atoms with Crippen molar-refractivity contribution >= 4 is 16.9 Å². The van der Waals surface area contributed by atoms with Crippen molar-refractivity contribution in [2.24, 2.45) is 0 Å². The first kappa shape index (κ1) is 24.8. The lowest BCUT2D eigenvalue weighted by molar-refractivity contribution is -0.157. The molecule has 1 unspecified atom stereocenters. The number of carbonyl (C=O) groups is 1. The van der Waals surface area contributed by atoms with Crippen LogP contribution in [-0.2, 0) is 35.8 Å². The molecule has 0 aliphatic carbocycles. The number of nitrogens with zero attached hydrogens (tertiary/aromatic N) is 2. The minimum atomic E-state index is -1.52. The summed E-state index contributed by atoms with van der Waals surface area (Å²) in [5.41, 5.74) is 5.20. The van der Waals surface area contributed by atoms with E-state index in [0.29, 0.717) is 42.1 Å². The summed E-state index contributed by atoms with van der Waals surface area (Å²) in [6.45, 7) is 6.98. The second kappa shape index (κ2) is 9.88. The highest BCUT2D eigenvalue weighted by Crippen LogP contribution is 2.38. The van der Waals surface area contributed by atoms with Gasteiger partial charge < -0.3 is 19.7 Å². The van der Waals surface area contributed by atoms with Gasteiger partial charge >= 0.3 is 5.97 Å². The zero-order valence-corrected chi connectivity index (χ0v) is 21.0. The van der Waals surface area contributed by atoms with Crippen LogP contribution in [0.25, 0.3) is 22.3 Å². The normalized spacial score (nSPS) is 15.4. The largest absolute Gasteiger partial charge is 0.458 e. The SMILES string of the molecule is CC.Cc1cc2c(CNCc3ccccc3)c3c(nc2cc1F)-c1cc2c(c(=O)n1C3)COC(=O)C2O. The topological polar surface area (TPSA) is 93.5 Å². The number of pyridine rings is 2. The number of carbonyl (C=O) groups excluding carboxylic acids is 1. The van der Waals surface area contributed by atoms with E-state index in [9.17, 15) is 19.1 Å². The van der Waals surface area contributed by atoms with Crippen LogP contribution in [0.1, 0.15) is 53.3 Å². The minimum absolute atomic E-state index is 0.175. The maximum Gasteiger partial charge on any atom is 0.340 e. The van der Waals surface area contributed by atoms with Gasteiger partial charge in [0, 0.05) is 35.7 Å². The van der Waals surface area contributed by atoms with Gasteiger partial charge in [-0.25, -0.2) is 14.2 Å². The number of aliphatic hydroxyl groups excluding tert-OH is 1. The predicted molar refractivity (Wildman–Crippen MR) is 138 cm³/mol. The van der Waals surface area contributed by atoms with E-state index in [1.165, 1.54) is 6.07 Å². The number of benzene rings is 2. The third-order valence-corrected chi connectivity index (χ3v) is 6.83. The number of fused-ring (bicyclic) bond motifs is 5. The molecule has 0 amide bonds. The molecule has 0 saturated carbocycles. The summed E-state index contributed by atoms with van der Waals surface area (Å²) >= 11 is 0. The van der Waals surface area contributed by atoms with Gasteiger partial charge in [0.15, 0.2) is 6.10 Å². The lowest BCUT2D eigenvalue weighted by Gasteiger charge is -2.21. The van der Waals surface area contributed by atoms with Gasteiger partial charge in [0.25, 0.3) is 5.56 Å². The molecule has 6 rings (SSSR count). The molecule has 0 spiro atoms. The first-order valence-corrected chi connectivity index (χ1v) is 12.4. The first-order valence-electron chi connectivity index (χ1n) is 12.4. The van der Waals surface area contributed by atoms with Crippen LogP contribution in [0.4, 0.5) is 4.39 Å². The van der Waals surface area contributed by atoms with Crippen molar-refractivity contribution in [2.75, 3.05) is 0 Å². The predicted octanol–water partition coefficient (Wildman–Crippen LogP) is 4.28. The third kappa shape index (κ3) is 4.22. The Morgan fingerprint density at radius 2 is 1.86 bits per heavy atom. The van der Waals surface area contributed by atoms with Crippen LogP contribution in [0.15, 0.2) is 53.3 Å². The summed E-state index contributed by atoms with van der Waals surface area (Å²) in [6, 6.07) is 14.9. The zero-order valence-electron chi connectivity index (χ0n) is 21.0. The maximum absolute atomic E-state index is 14.5. The molecule has 37 heavy (non-hydrogen) atoms. The Morgan fingerprint density at radius 3 is 2.62 bits per heavy atom. The van der Waals surface area contributed by atoms with Gasteiger partial charge in [0.2, 0.25) is 0 Å². The molecule has 2 aromatic heterocycles. The fraction of sp³-hybridized carbons (Fsp3) is 0.276. The van der Waals surface area contributed by atoms with E-state index in [-0.39, 0.29) is 29.1 Å². The molecule has 0 bridgehead atoms. The quantitative estimate of drug-likeness (QED) is 0.357. The van der Waals surface area contributed by atoms with Crippen molar-refractivity contribution in [2.45, 2.75) is 53.1 Å². The van der Waals surface area contributed by atoms with Crippen LogP contribution in [0, 0.1) is 12.7 Å². The molecule has 0 radical (unpaired) electrons. The molecule has 1 atom stereocenters. The van der Waals surface area contributed by atoms with Gasteiger partial charge in [-0.15, -0.1) is 0 Å². The van der Waals surface area contributed by atoms with E-state index in [4.69, 9.17) is 9.72 Å². The number of ether oxygens (including phenoxy) is 1. The van der Waals surface area contributed by atoms with Crippen LogP contribution < -0.4 is 10.9 Å². The fourth-order valence-electron chi connectivity index (χ4n) is 4.97. The highest BCUT2D eigenvalue weighted by Gasteiger charge is 2.34. The molecule has 7 nitrogen and oxygen atoms in total. The van der Waals surface area contributed by atoms with Crippen LogP contribution >= 0.6 is 0 Å². The summed E-state index contributed by atoms with van der Waals surface area (Å²) in [7, 11) is 0. The van der Waals surface area contributed by atoms with Crippen LogP contribution in [0.2, 0.25) is 0 Å². The Labute approximate surface area is 213 Å². The standard InChI is InChI=1S/C27H22FN3O4.C2H6/c1-14-7-16-18(11-29-10-15-5-3-2-4-6-15)19-12-31-23(24(19)30-22(16)9-21(14)28)8-17-20(26(31)33)13-35-27(34)25(17)32;1-2/h2-9,25,29,32H,10-13H2,1H3;1-2H3. The van der Waals surface area contributed by atoms with Crippen molar-refractivity contribution in [3.63, 3.8) is 0 Å². The molecular formula is C29H28FN3O4. The van der Waals surface area contributed by atoms with Crippen molar-refractivity contribution in [3.05, 3.63) is 98.1 Å². The molecule has 0 fully saturated rings. The average Bonchev–Trinajstić information content (AvgIpc) is 3.28. The second-order valence-electron chi connectivity index (χ2n) is 8.99. The van der Waals surface area contributed by atoms with Crippen LogP contribution in [-0.4, -0.2) is 20.6 Å². The molecule has 4 heterocycles. The number of aryl methyl sites for hydroxylation is 1. The fourth-order valence-corrected chi connectivity index (χ4v) is 4.97. The molecule has 4 aromatic rings. The van der Waals surface area contributed by atoms with E-state index >= 15 is 0 Å². The number of aromatic nitrogens is 2. The van der Waals surface area contributed by atoms with Gasteiger partial charge in [-0.3, -0.25) is 4.79 Å². The van der Waals surface area contributed by atoms with Crippen molar-refractivity contribution in [1.82, 2.24) is 14.9 Å². The summed E-state index contributed by atoms with van der Waals surface area (Å²) in [4.78, 5) is 29.9. The minimum Gasteiger partial charge on any atom is -0.458 e. The first-order chi connectivity index (χ1) is 17.9. The molecule has 2 N–H and O–H groups in total. The summed E-state index contributed by atoms with van der Waals surface area (Å²) < 4.78 is 21.1. The number of esters is 1. The summed E-state index contributed by atoms with van der Waals surface area (Å²) in [5, 5.41) is 14.6. The molecule has 0 saturated heterocycles. The van der Waals surface area contributed by atoms with E-state index in [2.05, 4.69) is 5.32 Å². The Bertz CT molecular complexity index is 1580. The molecular weight excluding hydrogens is 473 g/mol. The Morgan fingerprint density at radius 1 is 1.11 bits per heavy atom. The molecule has 2 aromatic carbocycles. The van der Waals surface area contributed by atoms with Gasteiger partial charge in [-0.1, -0.05) is 44.2 Å². The lowest BCUT2D eigenvalue weighted by Crippen LogP contribution is -2.32. The Hall–Kier alpha value is -3.88. The number of nitrogens with one attached hydrogen (secondary N) is 1. The highest BCUT2D eigenvalue weighted by molar-refractivity contribution is 5.89. The van der Waals surface area contributed by atoms with Crippen molar-refractivity contribution in [3.8, 4) is 11.4 Å². The molecule has 8 heteroatoms. The summed E-state index contributed by atoms with van der Waals surface area (Å²) in [5.74, 6) is -1.14. The second-order valence-corrected chi connectivity index (χ2v) is 8.99. The highest BCUT2D eigenvalue weighted by atomic mass is 19.1. The number of hydrogen-bond acceptors (Lipinski definition) is 6. The van der Waals surface area contributed by atoms with Gasteiger partial charge in [0.05, 0.1) is 29.0 Å². The average molecular weight is 502 g/mol. The maximum atomic E-state index is 14.5. The molecule has 190 valence electrons. The van der Waals surface area contributed by atoms with E-state index < -0.39 is 12.1 Å². The van der Waals surface area contributed by atoms with E-state index in [1.54, 1.807) is 23.6 Å². The van der Waals surface area contributed by atoms with Gasteiger partial charge in [-0.05, 0) is 35.7 Å². The lowest BCUT2D eigenvalue weighted by atomic mass is 9.97. The van der Waals surface area contributed by atoms with Gasteiger partial charge in [-0.2, -0.15) is 0 Å². The summed E-state index contributed by atoms with van der Waals surface area (Å²) in [6.07, 6.45) is -1.52. The van der Waals surface area contributed by atoms with Gasteiger partial charge in [0.1, 0.15) is 12.4 Å². The number of halogens is 1. The van der Waals surface area contributed by atoms with E-state index in [1.807, 2.05) is 44.2 Å². The monoisotopic (exact) mass is 501 g/mol. The van der Waals surface area contributed by atoms with Crippen LogP contribution in [0.5, 0.6) is 0 Å².